The Morgan fingerprint density at radius 2 is 2.12 bits per heavy atom. The highest BCUT2D eigenvalue weighted by atomic mass is 16.5. The molecular weight excluding hydrogens is 330 g/mol. The molecule has 1 fully saturated rings. The molecule has 0 saturated carbocycles. The van der Waals surface area contributed by atoms with E-state index in [1.54, 1.807) is 7.11 Å². The van der Waals surface area contributed by atoms with Crippen LogP contribution in [0.5, 0.6) is 5.75 Å². The number of amides is 1. The van der Waals surface area contributed by atoms with Gasteiger partial charge in [-0.05, 0) is 73.6 Å². The second kappa shape index (κ2) is 8.56. The van der Waals surface area contributed by atoms with Crippen molar-refractivity contribution in [3.63, 3.8) is 0 Å². The maximum Gasteiger partial charge on any atom is 0.303 e. The van der Waals surface area contributed by atoms with Gasteiger partial charge in [-0.1, -0.05) is 6.07 Å². The number of fused-ring (bicyclic) bond motifs is 1. The number of carbonyl (C=O) groups is 2. The van der Waals surface area contributed by atoms with Crippen molar-refractivity contribution in [2.45, 2.75) is 57.3 Å². The van der Waals surface area contributed by atoms with Gasteiger partial charge in [0.1, 0.15) is 5.75 Å². The molecule has 1 saturated heterocycles. The van der Waals surface area contributed by atoms with E-state index < -0.39 is 5.97 Å². The van der Waals surface area contributed by atoms with Gasteiger partial charge in [0.2, 0.25) is 5.91 Å². The lowest BCUT2D eigenvalue weighted by Crippen LogP contribution is -2.40. The number of carbonyl (C=O) groups excluding carboxylic acids is 1. The molecule has 0 aromatic heterocycles. The monoisotopic (exact) mass is 359 g/mol. The molecule has 1 amide bonds. The fourth-order valence-corrected chi connectivity index (χ4v) is 4.42. The number of methoxy groups -OCH3 is 1. The molecule has 1 aromatic rings. The van der Waals surface area contributed by atoms with Crippen molar-refractivity contribution >= 4 is 11.9 Å². The first-order valence-corrected chi connectivity index (χ1v) is 9.73. The van der Waals surface area contributed by atoms with Crippen molar-refractivity contribution in [3.8, 4) is 5.75 Å². The quantitative estimate of drug-likeness (QED) is 0.842. The second-order valence-electron chi connectivity index (χ2n) is 7.64. The topological polar surface area (TPSA) is 66.8 Å². The zero-order chi connectivity index (χ0) is 18.5. The van der Waals surface area contributed by atoms with E-state index in [2.05, 4.69) is 12.1 Å². The molecule has 3 rings (SSSR count). The van der Waals surface area contributed by atoms with E-state index in [0.29, 0.717) is 25.3 Å². The average Bonchev–Trinajstić information content (AvgIpc) is 2.66. The number of carboxylic acids is 1. The fraction of sp³-hybridized carbons (Fsp3) is 0.619. The standard InChI is InChI=1S/C21H29NO4/c1-26-18-8-9-19-16(12-18)5-2-6-17(19)13-20(23)22-11-3-4-15(14-22)7-10-21(24)25/h8-9,12,15,17H,2-7,10-11,13-14H2,1H3,(H,24,25)/t15-,17-/m0/s1. The minimum absolute atomic E-state index is 0.199. The largest absolute Gasteiger partial charge is 0.497 e. The summed E-state index contributed by atoms with van der Waals surface area (Å²) in [6.45, 7) is 1.53. The van der Waals surface area contributed by atoms with Gasteiger partial charge in [0.25, 0.3) is 0 Å². The van der Waals surface area contributed by atoms with Crippen molar-refractivity contribution in [2.24, 2.45) is 5.92 Å². The fourth-order valence-electron chi connectivity index (χ4n) is 4.42. The Hall–Kier alpha value is -2.04. The van der Waals surface area contributed by atoms with Gasteiger partial charge in [-0.15, -0.1) is 0 Å². The summed E-state index contributed by atoms with van der Waals surface area (Å²) >= 11 is 0. The van der Waals surface area contributed by atoms with Crippen LogP contribution in [0.4, 0.5) is 0 Å². The third-order valence-corrected chi connectivity index (χ3v) is 5.85. The molecule has 0 bridgehead atoms. The van der Waals surface area contributed by atoms with Crippen LogP contribution in [0, 0.1) is 5.92 Å². The summed E-state index contributed by atoms with van der Waals surface area (Å²) in [6, 6.07) is 6.22. The molecular formula is C21H29NO4. The summed E-state index contributed by atoms with van der Waals surface area (Å²) in [5.41, 5.74) is 2.61. The number of hydrogen-bond donors (Lipinski definition) is 1. The van der Waals surface area contributed by atoms with E-state index in [0.717, 1.165) is 44.4 Å². The van der Waals surface area contributed by atoms with Crippen molar-refractivity contribution in [2.75, 3.05) is 20.2 Å². The normalized spacial score (nSPS) is 22.6. The van der Waals surface area contributed by atoms with Gasteiger partial charge in [-0.2, -0.15) is 0 Å². The number of hydrogen-bond acceptors (Lipinski definition) is 3. The van der Waals surface area contributed by atoms with Crippen LogP contribution >= 0.6 is 0 Å². The van der Waals surface area contributed by atoms with Gasteiger partial charge >= 0.3 is 5.97 Å². The number of carboxylic acid groups (broad SMARTS) is 1. The SMILES string of the molecule is COc1ccc2c(c1)CCC[C@H]2CC(=O)N1CCC[C@@H](CCC(=O)O)C1. The molecule has 0 spiro atoms. The number of nitrogens with zero attached hydrogens (tertiary/aromatic N) is 1. The first-order valence-electron chi connectivity index (χ1n) is 9.73. The summed E-state index contributed by atoms with van der Waals surface area (Å²) in [4.78, 5) is 25.6. The van der Waals surface area contributed by atoms with Gasteiger partial charge in [0.05, 0.1) is 7.11 Å². The highest BCUT2D eigenvalue weighted by Crippen LogP contribution is 2.36. The Morgan fingerprint density at radius 1 is 1.27 bits per heavy atom. The van der Waals surface area contributed by atoms with Crippen molar-refractivity contribution < 1.29 is 19.4 Å². The third kappa shape index (κ3) is 4.57. The molecule has 0 radical (unpaired) electrons. The zero-order valence-corrected chi connectivity index (χ0v) is 15.6. The Kier molecular flexibility index (Phi) is 6.17. The maximum absolute atomic E-state index is 12.9. The van der Waals surface area contributed by atoms with Crippen LogP contribution in [0.25, 0.3) is 0 Å². The Bertz CT molecular complexity index is 657. The summed E-state index contributed by atoms with van der Waals surface area (Å²) in [6.07, 6.45) is 6.66. The summed E-state index contributed by atoms with van der Waals surface area (Å²) in [5, 5.41) is 8.88. The van der Waals surface area contributed by atoms with Crippen LogP contribution in [-0.2, 0) is 16.0 Å². The predicted molar refractivity (Wildman–Crippen MR) is 99.5 cm³/mol. The summed E-state index contributed by atoms with van der Waals surface area (Å²) in [7, 11) is 1.68. The van der Waals surface area contributed by atoms with Gasteiger partial charge in [-0.3, -0.25) is 9.59 Å². The molecule has 2 aliphatic rings. The van der Waals surface area contributed by atoms with Crippen molar-refractivity contribution in [3.05, 3.63) is 29.3 Å². The Morgan fingerprint density at radius 3 is 2.88 bits per heavy atom. The molecule has 26 heavy (non-hydrogen) atoms. The van der Waals surface area contributed by atoms with E-state index in [1.165, 1.54) is 11.1 Å². The number of aliphatic carboxylic acids is 1. The lowest BCUT2D eigenvalue weighted by atomic mass is 9.80. The molecule has 0 unspecified atom stereocenters. The highest BCUT2D eigenvalue weighted by Gasteiger charge is 2.28. The number of aryl methyl sites for hydroxylation is 1. The van der Waals surface area contributed by atoms with Crippen LogP contribution < -0.4 is 4.74 Å². The molecule has 1 aromatic carbocycles. The highest BCUT2D eigenvalue weighted by molar-refractivity contribution is 5.77. The number of benzene rings is 1. The van der Waals surface area contributed by atoms with E-state index in [9.17, 15) is 9.59 Å². The first-order chi connectivity index (χ1) is 12.6. The van der Waals surface area contributed by atoms with Crippen LogP contribution in [0.1, 0.15) is 62.0 Å². The van der Waals surface area contributed by atoms with Gasteiger partial charge in [0, 0.05) is 25.9 Å². The van der Waals surface area contributed by atoms with E-state index in [4.69, 9.17) is 9.84 Å². The van der Waals surface area contributed by atoms with Crippen molar-refractivity contribution in [1.82, 2.24) is 4.90 Å². The average molecular weight is 359 g/mol. The lowest BCUT2D eigenvalue weighted by molar-refractivity contribution is -0.137. The number of likely N-dealkylation sites (tertiary alicyclic amines) is 1. The first kappa shape index (κ1) is 18.7. The summed E-state index contributed by atoms with van der Waals surface area (Å²) < 4.78 is 5.33. The molecule has 1 heterocycles. The van der Waals surface area contributed by atoms with Crippen LogP contribution in [0.2, 0.25) is 0 Å². The third-order valence-electron chi connectivity index (χ3n) is 5.85. The molecule has 142 valence electrons. The van der Waals surface area contributed by atoms with Gasteiger partial charge in [-0.25, -0.2) is 0 Å². The molecule has 1 N–H and O–H groups in total. The minimum Gasteiger partial charge on any atom is -0.497 e. The minimum atomic E-state index is -0.748. The maximum atomic E-state index is 12.9. The molecule has 5 nitrogen and oxygen atoms in total. The zero-order valence-electron chi connectivity index (χ0n) is 15.6. The second-order valence-corrected chi connectivity index (χ2v) is 7.64. The smallest absolute Gasteiger partial charge is 0.303 e. The predicted octanol–water partition coefficient (Wildman–Crippen LogP) is 3.61. The van der Waals surface area contributed by atoms with Crippen LogP contribution in [-0.4, -0.2) is 42.1 Å². The molecule has 1 aliphatic carbocycles. The number of piperidine rings is 1. The number of rotatable bonds is 6. The molecule has 5 heteroatoms. The summed E-state index contributed by atoms with van der Waals surface area (Å²) in [5.74, 6) is 0.970. The van der Waals surface area contributed by atoms with Crippen LogP contribution in [0.3, 0.4) is 0 Å². The van der Waals surface area contributed by atoms with Crippen LogP contribution in [0.15, 0.2) is 18.2 Å². The lowest BCUT2D eigenvalue weighted by Gasteiger charge is -2.34. The van der Waals surface area contributed by atoms with E-state index in [1.807, 2.05) is 11.0 Å². The Balaban J connectivity index is 1.61. The Labute approximate surface area is 155 Å². The molecule has 1 aliphatic heterocycles. The van der Waals surface area contributed by atoms with Crippen molar-refractivity contribution in [1.29, 1.82) is 0 Å². The van der Waals surface area contributed by atoms with Gasteiger partial charge < -0.3 is 14.7 Å². The number of ether oxygens (including phenoxy) is 1. The van der Waals surface area contributed by atoms with E-state index >= 15 is 0 Å². The molecule has 2 atom stereocenters. The van der Waals surface area contributed by atoms with E-state index in [-0.39, 0.29) is 18.2 Å². The van der Waals surface area contributed by atoms with Gasteiger partial charge in [0.15, 0.2) is 0 Å².